The van der Waals surface area contributed by atoms with Gasteiger partial charge in [0, 0.05) is 25.4 Å². The van der Waals surface area contributed by atoms with E-state index in [9.17, 15) is 9.59 Å². The van der Waals surface area contributed by atoms with Crippen molar-refractivity contribution in [3.63, 3.8) is 0 Å². The van der Waals surface area contributed by atoms with Gasteiger partial charge in [0.1, 0.15) is 5.78 Å². The van der Waals surface area contributed by atoms with Crippen LogP contribution >= 0.6 is 0 Å². The van der Waals surface area contributed by atoms with E-state index in [2.05, 4.69) is 6.92 Å². The third-order valence-corrected chi connectivity index (χ3v) is 3.00. The Bertz CT molecular complexity index is 253. The minimum absolute atomic E-state index is 0.00692. The normalized spacial score (nSPS) is 21.0. The van der Waals surface area contributed by atoms with Crippen molar-refractivity contribution in [1.29, 1.82) is 0 Å². The number of likely N-dealkylation sites (tertiary alicyclic amines) is 1. The molecule has 0 bridgehead atoms. The third-order valence-electron chi connectivity index (χ3n) is 3.00. The number of ketones is 1. The fourth-order valence-electron chi connectivity index (χ4n) is 1.83. The average Bonchev–Trinajstić information content (AvgIpc) is 2.30. The summed E-state index contributed by atoms with van der Waals surface area (Å²) in [6, 6.07) is 0. The smallest absolute Gasteiger partial charge is 0.409 e. The first kappa shape index (κ1) is 13.0. The van der Waals surface area contributed by atoms with Crippen LogP contribution < -0.4 is 0 Å². The topological polar surface area (TPSA) is 46.6 Å². The molecule has 0 aromatic rings. The monoisotopic (exact) mass is 227 g/mol. The SMILES string of the molecule is CCCCOC(=O)N1CCC(=O)C(CC)C1. The van der Waals surface area contributed by atoms with E-state index < -0.39 is 0 Å². The number of hydrogen-bond acceptors (Lipinski definition) is 3. The van der Waals surface area contributed by atoms with Gasteiger partial charge in [-0.15, -0.1) is 0 Å². The molecule has 4 nitrogen and oxygen atoms in total. The Balaban J connectivity index is 2.36. The summed E-state index contributed by atoms with van der Waals surface area (Å²) >= 11 is 0. The Kier molecular flexibility index (Phi) is 5.29. The van der Waals surface area contributed by atoms with Crippen molar-refractivity contribution in [3.8, 4) is 0 Å². The van der Waals surface area contributed by atoms with Gasteiger partial charge in [-0.1, -0.05) is 20.3 Å². The summed E-state index contributed by atoms with van der Waals surface area (Å²) in [6.07, 6.45) is 2.93. The molecule has 16 heavy (non-hydrogen) atoms. The lowest BCUT2D eigenvalue weighted by Crippen LogP contribution is -2.44. The lowest BCUT2D eigenvalue weighted by molar-refractivity contribution is -0.125. The molecule has 1 saturated heterocycles. The van der Waals surface area contributed by atoms with E-state index in [1.807, 2.05) is 6.92 Å². The summed E-state index contributed by atoms with van der Waals surface area (Å²) in [5, 5.41) is 0. The highest BCUT2D eigenvalue weighted by Crippen LogP contribution is 2.16. The second-order valence-electron chi connectivity index (χ2n) is 4.24. The van der Waals surface area contributed by atoms with Gasteiger partial charge in [-0.25, -0.2) is 4.79 Å². The number of carbonyl (C=O) groups is 2. The van der Waals surface area contributed by atoms with Gasteiger partial charge < -0.3 is 9.64 Å². The molecule has 0 saturated carbocycles. The van der Waals surface area contributed by atoms with Crippen LogP contribution in [0.1, 0.15) is 39.5 Å². The number of hydrogen-bond donors (Lipinski definition) is 0. The quantitative estimate of drug-likeness (QED) is 0.692. The van der Waals surface area contributed by atoms with Crippen molar-refractivity contribution in [2.45, 2.75) is 39.5 Å². The summed E-state index contributed by atoms with van der Waals surface area (Å²) < 4.78 is 5.13. The Morgan fingerprint density at radius 2 is 2.25 bits per heavy atom. The Morgan fingerprint density at radius 1 is 1.50 bits per heavy atom. The van der Waals surface area contributed by atoms with Crippen LogP contribution in [-0.2, 0) is 9.53 Å². The third kappa shape index (κ3) is 3.51. The van der Waals surface area contributed by atoms with E-state index in [0.717, 1.165) is 19.3 Å². The highest BCUT2D eigenvalue weighted by atomic mass is 16.6. The minimum Gasteiger partial charge on any atom is -0.449 e. The lowest BCUT2D eigenvalue weighted by Gasteiger charge is -2.30. The largest absolute Gasteiger partial charge is 0.449 e. The number of nitrogens with zero attached hydrogens (tertiary/aromatic N) is 1. The van der Waals surface area contributed by atoms with Crippen molar-refractivity contribution in [2.24, 2.45) is 5.92 Å². The van der Waals surface area contributed by atoms with Crippen molar-refractivity contribution >= 4 is 11.9 Å². The van der Waals surface area contributed by atoms with Gasteiger partial charge >= 0.3 is 6.09 Å². The minimum atomic E-state index is -0.264. The number of piperidine rings is 1. The summed E-state index contributed by atoms with van der Waals surface area (Å²) in [5.41, 5.74) is 0. The predicted molar refractivity (Wildman–Crippen MR) is 61.2 cm³/mol. The van der Waals surface area contributed by atoms with E-state index in [0.29, 0.717) is 26.1 Å². The molecule has 92 valence electrons. The lowest BCUT2D eigenvalue weighted by atomic mass is 9.94. The first-order chi connectivity index (χ1) is 7.69. The number of Topliss-reactive ketones (excluding diaryl/α,β-unsaturated/α-hetero) is 1. The number of unbranched alkanes of at least 4 members (excludes halogenated alkanes) is 1. The highest BCUT2D eigenvalue weighted by molar-refractivity contribution is 5.83. The van der Waals surface area contributed by atoms with Crippen molar-refractivity contribution < 1.29 is 14.3 Å². The molecule has 1 rings (SSSR count). The van der Waals surface area contributed by atoms with Crippen molar-refractivity contribution in [3.05, 3.63) is 0 Å². The molecule has 0 aromatic heterocycles. The van der Waals surface area contributed by atoms with Crippen LogP contribution in [0.2, 0.25) is 0 Å². The van der Waals surface area contributed by atoms with Crippen molar-refractivity contribution in [2.75, 3.05) is 19.7 Å². The molecule has 1 heterocycles. The molecule has 1 amide bonds. The maximum atomic E-state index is 11.6. The van der Waals surface area contributed by atoms with Gasteiger partial charge in [-0.3, -0.25) is 4.79 Å². The maximum absolute atomic E-state index is 11.6. The van der Waals surface area contributed by atoms with E-state index in [-0.39, 0.29) is 17.8 Å². The molecule has 0 radical (unpaired) electrons. The van der Waals surface area contributed by atoms with Gasteiger partial charge in [-0.05, 0) is 12.8 Å². The number of rotatable bonds is 4. The van der Waals surface area contributed by atoms with E-state index >= 15 is 0 Å². The van der Waals surface area contributed by atoms with Gasteiger partial charge in [-0.2, -0.15) is 0 Å². The van der Waals surface area contributed by atoms with Gasteiger partial charge in [0.25, 0.3) is 0 Å². The van der Waals surface area contributed by atoms with Crippen LogP contribution in [0.3, 0.4) is 0 Å². The van der Waals surface area contributed by atoms with Crippen molar-refractivity contribution in [1.82, 2.24) is 4.90 Å². The van der Waals surface area contributed by atoms with Gasteiger partial charge in [0.15, 0.2) is 0 Å². The van der Waals surface area contributed by atoms with Gasteiger partial charge in [0.05, 0.1) is 6.61 Å². The van der Waals surface area contributed by atoms with E-state index in [1.54, 1.807) is 4.90 Å². The van der Waals surface area contributed by atoms with Crippen LogP contribution in [0.5, 0.6) is 0 Å². The molecule has 1 aliphatic rings. The second kappa shape index (κ2) is 6.51. The second-order valence-corrected chi connectivity index (χ2v) is 4.24. The van der Waals surface area contributed by atoms with E-state index in [4.69, 9.17) is 4.74 Å². The van der Waals surface area contributed by atoms with Gasteiger partial charge in [0.2, 0.25) is 0 Å². The fourth-order valence-corrected chi connectivity index (χ4v) is 1.83. The van der Waals surface area contributed by atoms with Crippen LogP contribution in [0, 0.1) is 5.92 Å². The Hall–Kier alpha value is -1.06. The van der Waals surface area contributed by atoms with Crippen LogP contribution in [0.4, 0.5) is 4.79 Å². The zero-order valence-electron chi connectivity index (χ0n) is 10.2. The molecular formula is C12H21NO3. The molecule has 1 atom stereocenters. The van der Waals surface area contributed by atoms with Crippen LogP contribution in [-0.4, -0.2) is 36.5 Å². The summed E-state index contributed by atoms with van der Waals surface area (Å²) in [6.45, 7) is 5.56. The molecular weight excluding hydrogens is 206 g/mol. The highest BCUT2D eigenvalue weighted by Gasteiger charge is 2.29. The Morgan fingerprint density at radius 3 is 2.88 bits per heavy atom. The summed E-state index contributed by atoms with van der Waals surface area (Å²) in [7, 11) is 0. The molecule has 0 aromatic carbocycles. The predicted octanol–water partition coefficient (Wildman–Crippen LogP) is 2.22. The van der Waals surface area contributed by atoms with E-state index in [1.165, 1.54) is 0 Å². The average molecular weight is 227 g/mol. The standard InChI is InChI=1S/C12H21NO3/c1-3-5-8-16-12(15)13-7-6-11(14)10(4-2)9-13/h10H,3-9H2,1-2H3. The molecule has 4 heteroatoms. The molecule has 1 fully saturated rings. The number of amides is 1. The zero-order valence-corrected chi connectivity index (χ0v) is 10.2. The maximum Gasteiger partial charge on any atom is 0.409 e. The Labute approximate surface area is 96.9 Å². The molecule has 1 aliphatic heterocycles. The fraction of sp³-hybridized carbons (Fsp3) is 0.833. The van der Waals surface area contributed by atoms with Crippen LogP contribution in [0.25, 0.3) is 0 Å². The molecule has 0 N–H and O–H groups in total. The summed E-state index contributed by atoms with van der Waals surface area (Å²) in [5.74, 6) is 0.285. The molecule has 0 aliphatic carbocycles. The first-order valence-corrected chi connectivity index (χ1v) is 6.13. The number of ether oxygens (including phenoxy) is 1. The molecule has 1 unspecified atom stereocenters. The van der Waals surface area contributed by atoms with Crippen LogP contribution in [0.15, 0.2) is 0 Å². The number of carbonyl (C=O) groups excluding carboxylic acids is 2. The zero-order chi connectivity index (χ0) is 12.0. The first-order valence-electron chi connectivity index (χ1n) is 6.13. The molecule has 0 spiro atoms. The summed E-state index contributed by atoms with van der Waals surface area (Å²) in [4.78, 5) is 24.8.